The Balaban J connectivity index is 1.23. The molecule has 29 heavy (non-hydrogen) atoms. The Morgan fingerprint density at radius 1 is 1.03 bits per heavy atom. The molecule has 0 unspecified atom stereocenters. The van der Waals surface area contributed by atoms with Crippen LogP contribution >= 0.6 is 11.5 Å². The van der Waals surface area contributed by atoms with Crippen LogP contribution in [0.3, 0.4) is 0 Å². The smallest absolute Gasteiger partial charge is 0.240 e. The molecule has 6 nitrogen and oxygen atoms in total. The zero-order valence-corrected chi connectivity index (χ0v) is 17.6. The van der Waals surface area contributed by atoms with Crippen LogP contribution in [0.5, 0.6) is 0 Å². The van der Waals surface area contributed by atoms with Crippen LogP contribution in [-0.4, -0.2) is 57.0 Å². The van der Waals surface area contributed by atoms with E-state index < -0.39 is 15.8 Å². The maximum atomic E-state index is 13.0. The van der Waals surface area contributed by atoms with E-state index in [9.17, 15) is 12.8 Å². The van der Waals surface area contributed by atoms with Crippen molar-refractivity contribution >= 4 is 37.5 Å². The van der Waals surface area contributed by atoms with E-state index in [0.29, 0.717) is 6.54 Å². The number of anilines is 1. The lowest BCUT2D eigenvalue weighted by Gasteiger charge is -2.35. The highest BCUT2D eigenvalue weighted by Crippen LogP contribution is 2.29. The molecule has 0 bridgehead atoms. The van der Waals surface area contributed by atoms with Crippen LogP contribution in [0.25, 0.3) is 10.1 Å². The Morgan fingerprint density at radius 3 is 2.52 bits per heavy atom. The van der Waals surface area contributed by atoms with E-state index in [0.717, 1.165) is 57.1 Å². The minimum absolute atomic E-state index is 0.0861. The lowest BCUT2D eigenvalue weighted by atomic mass is 10.2. The van der Waals surface area contributed by atoms with Crippen molar-refractivity contribution in [3.8, 4) is 0 Å². The molecule has 1 aliphatic heterocycles. The second-order valence-electron chi connectivity index (χ2n) is 7.04. The van der Waals surface area contributed by atoms with Crippen LogP contribution in [0.2, 0.25) is 0 Å². The summed E-state index contributed by atoms with van der Waals surface area (Å²) in [4.78, 5) is 4.76. The van der Waals surface area contributed by atoms with Gasteiger partial charge in [0, 0.05) is 38.1 Å². The van der Waals surface area contributed by atoms with Crippen LogP contribution in [-0.2, 0) is 10.0 Å². The zero-order valence-electron chi connectivity index (χ0n) is 15.9. The average Bonchev–Trinajstić information content (AvgIpc) is 3.16. The fourth-order valence-corrected chi connectivity index (χ4v) is 5.36. The molecule has 9 heteroatoms. The first kappa shape index (κ1) is 20.2. The summed E-state index contributed by atoms with van der Waals surface area (Å²) in [6, 6.07) is 13.2. The van der Waals surface area contributed by atoms with Gasteiger partial charge in [0.25, 0.3) is 0 Å². The molecule has 0 spiro atoms. The molecule has 4 rings (SSSR count). The normalized spacial score (nSPS) is 15.8. The standard InChI is InChI=1S/C20H23FN4O2S2/c21-16-6-8-17(9-7-16)29(26,27)22-10-3-11-24-12-14-25(15-13-24)20-18-4-1-2-5-19(18)28-23-20/h1-2,4-9,22H,3,10-15H2. The van der Waals surface area contributed by atoms with Crippen molar-refractivity contribution in [3.63, 3.8) is 0 Å². The van der Waals surface area contributed by atoms with Crippen molar-refractivity contribution in [2.75, 3.05) is 44.2 Å². The molecular formula is C20H23FN4O2S2. The molecule has 1 saturated heterocycles. The molecular weight excluding hydrogens is 411 g/mol. The van der Waals surface area contributed by atoms with Gasteiger partial charge in [-0.3, -0.25) is 4.90 Å². The largest absolute Gasteiger partial charge is 0.353 e. The lowest BCUT2D eigenvalue weighted by Crippen LogP contribution is -2.47. The van der Waals surface area contributed by atoms with E-state index >= 15 is 0 Å². The van der Waals surface area contributed by atoms with Gasteiger partial charge < -0.3 is 4.90 Å². The van der Waals surface area contributed by atoms with E-state index in [1.165, 1.54) is 33.8 Å². The number of rotatable bonds is 7. The minimum atomic E-state index is -3.59. The van der Waals surface area contributed by atoms with Crippen LogP contribution in [0, 0.1) is 5.82 Å². The molecule has 1 aromatic heterocycles. The van der Waals surface area contributed by atoms with E-state index in [-0.39, 0.29) is 4.90 Å². The summed E-state index contributed by atoms with van der Waals surface area (Å²) in [5.41, 5.74) is 0. The van der Waals surface area contributed by atoms with Crippen molar-refractivity contribution in [1.29, 1.82) is 0 Å². The zero-order chi connectivity index (χ0) is 20.3. The summed E-state index contributed by atoms with van der Waals surface area (Å²) in [5, 5.41) is 1.21. The van der Waals surface area contributed by atoms with Gasteiger partial charge in [0.15, 0.2) is 0 Å². The number of nitrogens with zero attached hydrogens (tertiary/aromatic N) is 3. The van der Waals surface area contributed by atoms with E-state index in [1.54, 1.807) is 0 Å². The molecule has 2 heterocycles. The molecule has 0 radical (unpaired) electrons. The molecule has 1 N–H and O–H groups in total. The number of halogens is 1. The fraction of sp³-hybridized carbons (Fsp3) is 0.350. The molecule has 1 aliphatic rings. The van der Waals surface area contributed by atoms with Gasteiger partial charge in [0.05, 0.1) is 9.60 Å². The maximum absolute atomic E-state index is 13.0. The molecule has 2 aromatic carbocycles. The Morgan fingerprint density at radius 2 is 1.76 bits per heavy atom. The molecule has 0 aliphatic carbocycles. The Labute approximate surface area is 174 Å². The summed E-state index contributed by atoms with van der Waals surface area (Å²) < 4.78 is 45.8. The number of fused-ring (bicyclic) bond motifs is 1. The number of sulfonamides is 1. The summed E-state index contributed by atoms with van der Waals surface area (Å²) in [6.07, 6.45) is 0.722. The van der Waals surface area contributed by atoms with Crippen molar-refractivity contribution in [2.24, 2.45) is 0 Å². The monoisotopic (exact) mass is 434 g/mol. The molecule has 0 saturated carbocycles. The number of benzene rings is 2. The van der Waals surface area contributed by atoms with E-state index in [2.05, 4.69) is 31.0 Å². The number of hydrogen-bond acceptors (Lipinski definition) is 6. The summed E-state index contributed by atoms with van der Waals surface area (Å²) >= 11 is 1.54. The lowest BCUT2D eigenvalue weighted by molar-refractivity contribution is 0.255. The highest BCUT2D eigenvalue weighted by atomic mass is 32.2. The second kappa shape index (κ2) is 8.74. The first-order valence-electron chi connectivity index (χ1n) is 9.60. The van der Waals surface area contributed by atoms with Gasteiger partial charge in [0.2, 0.25) is 10.0 Å². The first-order chi connectivity index (χ1) is 14.0. The van der Waals surface area contributed by atoms with Crippen LogP contribution in [0.4, 0.5) is 10.2 Å². The van der Waals surface area contributed by atoms with Crippen molar-refractivity contribution in [2.45, 2.75) is 11.3 Å². The van der Waals surface area contributed by atoms with Crippen LogP contribution < -0.4 is 9.62 Å². The van der Waals surface area contributed by atoms with Gasteiger partial charge in [-0.05, 0) is 60.9 Å². The van der Waals surface area contributed by atoms with Gasteiger partial charge in [-0.1, -0.05) is 12.1 Å². The molecule has 0 amide bonds. The second-order valence-corrected chi connectivity index (χ2v) is 9.61. The van der Waals surface area contributed by atoms with Crippen LogP contribution in [0.15, 0.2) is 53.4 Å². The van der Waals surface area contributed by atoms with E-state index in [4.69, 9.17) is 0 Å². The van der Waals surface area contributed by atoms with Crippen molar-refractivity contribution in [1.82, 2.24) is 14.0 Å². The molecule has 3 aromatic rings. The van der Waals surface area contributed by atoms with Gasteiger partial charge in [-0.15, -0.1) is 0 Å². The third-order valence-electron chi connectivity index (χ3n) is 5.10. The quantitative estimate of drug-likeness (QED) is 0.579. The van der Waals surface area contributed by atoms with E-state index in [1.807, 2.05) is 12.1 Å². The highest BCUT2D eigenvalue weighted by Gasteiger charge is 2.20. The summed E-state index contributed by atoms with van der Waals surface area (Å²) in [7, 11) is -3.59. The number of aromatic nitrogens is 1. The third kappa shape index (κ3) is 4.75. The van der Waals surface area contributed by atoms with Gasteiger partial charge in [0.1, 0.15) is 11.6 Å². The Bertz CT molecular complexity index is 1060. The highest BCUT2D eigenvalue weighted by molar-refractivity contribution is 7.89. The van der Waals surface area contributed by atoms with Crippen molar-refractivity contribution < 1.29 is 12.8 Å². The van der Waals surface area contributed by atoms with Gasteiger partial charge in [-0.25, -0.2) is 17.5 Å². The first-order valence-corrected chi connectivity index (χ1v) is 11.9. The molecule has 0 atom stereocenters. The average molecular weight is 435 g/mol. The Kier molecular flexibility index (Phi) is 6.09. The van der Waals surface area contributed by atoms with Gasteiger partial charge in [-0.2, -0.15) is 4.37 Å². The fourth-order valence-electron chi connectivity index (χ4n) is 3.49. The summed E-state index contributed by atoms with van der Waals surface area (Å²) in [5.74, 6) is 0.617. The maximum Gasteiger partial charge on any atom is 0.240 e. The topological polar surface area (TPSA) is 65.5 Å². The predicted molar refractivity (Wildman–Crippen MR) is 114 cm³/mol. The van der Waals surface area contributed by atoms with Crippen molar-refractivity contribution in [3.05, 3.63) is 54.3 Å². The van der Waals surface area contributed by atoms with Gasteiger partial charge >= 0.3 is 0 Å². The number of hydrogen-bond donors (Lipinski definition) is 1. The molecule has 154 valence electrons. The third-order valence-corrected chi connectivity index (χ3v) is 7.39. The van der Waals surface area contributed by atoms with Crippen LogP contribution in [0.1, 0.15) is 6.42 Å². The molecule has 1 fully saturated rings. The predicted octanol–water partition coefficient (Wildman–Crippen LogP) is 2.93. The SMILES string of the molecule is O=S(=O)(NCCCN1CCN(c2nsc3ccccc23)CC1)c1ccc(F)cc1. The minimum Gasteiger partial charge on any atom is -0.353 e. The summed E-state index contributed by atoms with van der Waals surface area (Å²) in [6.45, 7) is 4.87. The number of nitrogens with one attached hydrogen (secondary N) is 1. The Hall–Kier alpha value is -2.07. The number of piperazine rings is 1.